The van der Waals surface area contributed by atoms with Gasteiger partial charge in [-0.05, 0) is 28.7 Å². The third kappa shape index (κ3) is 4.63. The Morgan fingerprint density at radius 1 is 1.00 bits per heavy atom. The molecule has 2 amide bonds. The third-order valence-corrected chi connectivity index (χ3v) is 3.99. The maximum Gasteiger partial charge on any atom is 0.329 e. The van der Waals surface area contributed by atoms with Crippen molar-refractivity contribution in [2.75, 3.05) is 12.1 Å². The van der Waals surface area contributed by atoms with Gasteiger partial charge in [0.05, 0.1) is 6.21 Å². The molecule has 1 heterocycles. The number of amides is 2. The Morgan fingerprint density at radius 3 is 2.41 bits per heavy atom. The van der Waals surface area contributed by atoms with Crippen molar-refractivity contribution in [3.05, 3.63) is 53.6 Å². The average molecular weight is 367 g/mol. The number of nitrogens with one attached hydrogen (secondary N) is 2. The number of nitrogens with zero attached hydrogens (tertiary/aromatic N) is 1. The lowest BCUT2D eigenvalue weighted by Gasteiger charge is -2.18. The van der Waals surface area contributed by atoms with Gasteiger partial charge in [-0.1, -0.05) is 45.0 Å². The minimum atomic E-state index is -0.866. The first kappa shape index (κ1) is 18.4. The molecule has 0 atom stereocenters. The summed E-state index contributed by atoms with van der Waals surface area (Å²) in [5.41, 5.74) is 4.73. The van der Waals surface area contributed by atoms with E-state index in [2.05, 4.69) is 36.6 Å². The lowest BCUT2D eigenvalue weighted by molar-refractivity contribution is -0.136. The quantitative estimate of drug-likeness (QED) is 0.496. The van der Waals surface area contributed by atoms with Gasteiger partial charge in [0.1, 0.15) is 0 Å². The minimum absolute atomic E-state index is 0.0662. The summed E-state index contributed by atoms with van der Waals surface area (Å²) in [6.45, 7) is 6.54. The molecule has 27 heavy (non-hydrogen) atoms. The van der Waals surface area contributed by atoms with E-state index in [0.29, 0.717) is 17.2 Å². The molecule has 2 aromatic carbocycles. The van der Waals surface area contributed by atoms with Crippen LogP contribution < -0.4 is 20.2 Å². The smallest absolute Gasteiger partial charge is 0.329 e. The first-order valence-corrected chi connectivity index (χ1v) is 8.47. The maximum atomic E-state index is 11.9. The zero-order valence-electron chi connectivity index (χ0n) is 15.4. The van der Waals surface area contributed by atoms with E-state index in [0.717, 1.165) is 5.56 Å². The van der Waals surface area contributed by atoms with Crippen molar-refractivity contribution in [2.24, 2.45) is 5.10 Å². The van der Waals surface area contributed by atoms with Gasteiger partial charge in [0.15, 0.2) is 11.5 Å². The molecule has 2 N–H and O–H groups in total. The number of ether oxygens (including phenoxy) is 2. The minimum Gasteiger partial charge on any atom is -0.454 e. The van der Waals surface area contributed by atoms with Gasteiger partial charge < -0.3 is 14.8 Å². The molecule has 0 aliphatic carbocycles. The lowest BCUT2D eigenvalue weighted by Crippen LogP contribution is -2.32. The number of hydrazone groups is 1. The molecule has 0 aromatic heterocycles. The number of benzene rings is 2. The zero-order chi connectivity index (χ0) is 19.4. The van der Waals surface area contributed by atoms with Gasteiger partial charge in [-0.3, -0.25) is 9.59 Å². The monoisotopic (exact) mass is 367 g/mol. The molecule has 0 radical (unpaired) electrons. The number of anilines is 1. The summed E-state index contributed by atoms with van der Waals surface area (Å²) in [6.07, 6.45) is 1.48. The highest BCUT2D eigenvalue weighted by atomic mass is 16.7. The van der Waals surface area contributed by atoms with Crippen molar-refractivity contribution in [2.45, 2.75) is 26.2 Å². The van der Waals surface area contributed by atoms with Gasteiger partial charge >= 0.3 is 11.8 Å². The second-order valence-electron chi connectivity index (χ2n) is 7.09. The van der Waals surface area contributed by atoms with Gasteiger partial charge in [-0.15, -0.1) is 0 Å². The molecule has 0 unspecified atom stereocenters. The van der Waals surface area contributed by atoms with Crippen LogP contribution in [0.4, 0.5) is 5.69 Å². The van der Waals surface area contributed by atoms with Crippen LogP contribution in [-0.2, 0) is 15.0 Å². The number of hydrogen-bond acceptors (Lipinski definition) is 5. The van der Waals surface area contributed by atoms with E-state index in [9.17, 15) is 9.59 Å². The fourth-order valence-electron chi connectivity index (χ4n) is 2.45. The number of carbonyl (C=O) groups excluding carboxylic acids is 2. The standard InChI is InChI=1S/C20H21N3O4/c1-20(2,3)14-6-4-13(5-7-14)11-21-23-19(25)18(24)22-15-8-9-16-17(10-15)27-12-26-16/h4-11H,12H2,1-3H3,(H,22,24)(H,23,25)/b21-11-. The van der Waals surface area contributed by atoms with Crippen molar-refractivity contribution in [3.8, 4) is 11.5 Å². The van der Waals surface area contributed by atoms with Gasteiger partial charge in [0, 0.05) is 11.8 Å². The van der Waals surface area contributed by atoms with Crippen LogP contribution in [0.15, 0.2) is 47.6 Å². The molecular formula is C20H21N3O4. The fourth-order valence-corrected chi connectivity index (χ4v) is 2.45. The molecule has 0 bridgehead atoms. The number of carbonyl (C=O) groups is 2. The second kappa shape index (κ2) is 7.49. The van der Waals surface area contributed by atoms with Gasteiger partial charge in [0.2, 0.25) is 6.79 Å². The van der Waals surface area contributed by atoms with E-state index in [-0.39, 0.29) is 12.2 Å². The summed E-state index contributed by atoms with van der Waals surface area (Å²) in [6, 6.07) is 12.7. The van der Waals surface area contributed by atoms with Crippen molar-refractivity contribution in [3.63, 3.8) is 0 Å². The summed E-state index contributed by atoms with van der Waals surface area (Å²) >= 11 is 0. The van der Waals surface area contributed by atoms with Crippen LogP contribution in [0, 0.1) is 0 Å². The Labute approximate surface area is 157 Å². The van der Waals surface area contributed by atoms with Crippen LogP contribution in [0.2, 0.25) is 0 Å². The van der Waals surface area contributed by atoms with Crippen LogP contribution in [0.25, 0.3) is 0 Å². The largest absolute Gasteiger partial charge is 0.454 e. The first-order chi connectivity index (χ1) is 12.8. The maximum absolute atomic E-state index is 11.9. The molecule has 3 rings (SSSR count). The summed E-state index contributed by atoms with van der Waals surface area (Å²) in [5, 5.41) is 6.31. The van der Waals surface area contributed by atoms with Crippen molar-refractivity contribution < 1.29 is 19.1 Å². The Kier molecular flexibility index (Phi) is 5.12. The molecule has 0 saturated heterocycles. The fraction of sp³-hybridized carbons (Fsp3) is 0.250. The number of fused-ring (bicyclic) bond motifs is 1. The van der Waals surface area contributed by atoms with Crippen molar-refractivity contribution in [1.29, 1.82) is 0 Å². The Hall–Kier alpha value is -3.35. The molecule has 0 saturated carbocycles. The summed E-state index contributed by atoms with van der Waals surface area (Å²) < 4.78 is 10.4. The predicted octanol–water partition coefficient (Wildman–Crippen LogP) is 2.80. The van der Waals surface area contributed by atoms with E-state index in [1.807, 2.05) is 24.3 Å². The average Bonchev–Trinajstić information content (AvgIpc) is 3.09. The third-order valence-electron chi connectivity index (χ3n) is 3.99. The van der Waals surface area contributed by atoms with Gasteiger partial charge in [0.25, 0.3) is 0 Å². The van der Waals surface area contributed by atoms with Gasteiger partial charge in [-0.2, -0.15) is 5.10 Å². The van der Waals surface area contributed by atoms with E-state index < -0.39 is 11.8 Å². The molecule has 2 aromatic rings. The molecule has 0 fully saturated rings. The summed E-state index contributed by atoms with van der Waals surface area (Å²) in [5.74, 6) is -0.575. The SMILES string of the molecule is CC(C)(C)c1ccc(/C=N\NC(=O)C(=O)Nc2ccc3c(c2)OCO3)cc1. The molecule has 7 nitrogen and oxygen atoms in total. The molecular weight excluding hydrogens is 346 g/mol. The summed E-state index contributed by atoms with van der Waals surface area (Å²) in [7, 11) is 0. The van der Waals surface area contributed by atoms with E-state index in [4.69, 9.17) is 9.47 Å². The van der Waals surface area contributed by atoms with Crippen LogP contribution in [-0.4, -0.2) is 24.8 Å². The van der Waals surface area contributed by atoms with E-state index in [1.54, 1.807) is 18.2 Å². The Balaban J connectivity index is 1.54. The highest BCUT2D eigenvalue weighted by Gasteiger charge is 2.17. The highest BCUT2D eigenvalue weighted by molar-refractivity contribution is 6.39. The topological polar surface area (TPSA) is 89.0 Å². The molecule has 140 valence electrons. The number of rotatable bonds is 3. The Bertz CT molecular complexity index is 883. The van der Waals surface area contributed by atoms with E-state index >= 15 is 0 Å². The lowest BCUT2D eigenvalue weighted by atomic mass is 9.87. The second-order valence-corrected chi connectivity index (χ2v) is 7.09. The van der Waals surface area contributed by atoms with Crippen LogP contribution in [0.5, 0.6) is 11.5 Å². The number of hydrogen-bond donors (Lipinski definition) is 2. The highest BCUT2D eigenvalue weighted by Crippen LogP contribution is 2.34. The zero-order valence-corrected chi connectivity index (χ0v) is 15.4. The first-order valence-electron chi connectivity index (χ1n) is 8.47. The van der Waals surface area contributed by atoms with Gasteiger partial charge in [-0.25, -0.2) is 5.43 Å². The van der Waals surface area contributed by atoms with Crippen LogP contribution >= 0.6 is 0 Å². The molecule has 0 spiro atoms. The Morgan fingerprint density at radius 2 is 1.70 bits per heavy atom. The van der Waals surface area contributed by atoms with Crippen molar-refractivity contribution >= 4 is 23.7 Å². The van der Waals surface area contributed by atoms with Crippen molar-refractivity contribution in [1.82, 2.24) is 5.43 Å². The molecule has 1 aliphatic heterocycles. The van der Waals surface area contributed by atoms with Crippen LogP contribution in [0.1, 0.15) is 31.9 Å². The normalized spacial score (nSPS) is 12.9. The summed E-state index contributed by atoms with van der Waals surface area (Å²) in [4.78, 5) is 23.8. The molecule has 7 heteroatoms. The van der Waals surface area contributed by atoms with Crippen LogP contribution in [0.3, 0.4) is 0 Å². The van der Waals surface area contributed by atoms with E-state index in [1.165, 1.54) is 11.8 Å². The molecule has 1 aliphatic rings. The predicted molar refractivity (Wildman–Crippen MR) is 102 cm³/mol.